The summed E-state index contributed by atoms with van der Waals surface area (Å²) in [5, 5.41) is 14.4. The van der Waals surface area contributed by atoms with Gasteiger partial charge in [0.05, 0.1) is 11.6 Å². The lowest BCUT2D eigenvalue weighted by Gasteiger charge is -2.08. The van der Waals surface area contributed by atoms with Crippen LogP contribution in [0.1, 0.15) is 28.8 Å². The molecular formula is C18H15N3O2. The fraction of sp³-hybridized carbons (Fsp3) is 0.167. The molecule has 0 atom stereocenters. The van der Waals surface area contributed by atoms with Gasteiger partial charge < -0.3 is 10.6 Å². The predicted molar refractivity (Wildman–Crippen MR) is 86.9 cm³/mol. The van der Waals surface area contributed by atoms with E-state index in [9.17, 15) is 9.59 Å². The quantitative estimate of drug-likeness (QED) is 0.910. The van der Waals surface area contributed by atoms with Crippen molar-refractivity contribution in [2.45, 2.75) is 12.8 Å². The number of benzene rings is 2. The number of nitriles is 1. The van der Waals surface area contributed by atoms with Crippen LogP contribution < -0.4 is 10.6 Å². The number of hydrogen-bond donors (Lipinski definition) is 2. The largest absolute Gasteiger partial charge is 0.326 e. The minimum atomic E-state index is -0.246. The van der Waals surface area contributed by atoms with Crippen LogP contribution in [-0.4, -0.2) is 11.8 Å². The lowest BCUT2D eigenvalue weighted by molar-refractivity contribution is -0.117. The molecule has 0 unspecified atom stereocenters. The van der Waals surface area contributed by atoms with E-state index in [4.69, 9.17) is 5.26 Å². The number of nitrogens with zero attached hydrogens (tertiary/aromatic N) is 1. The van der Waals surface area contributed by atoms with Crippen LogP contribution in [0.25, 0.3) is 0 Å². The number of carbonyl (C=O) groups is 2. The van der Waals surface area contributed by atoms with E-state index in [2.05, 4.69) is 10.6 Å². The Morgan fingerprint density at radius 3 is 2.00 bits per heavy atom. The molecule has 5 heteroatoms. The van der Waals surface area contributed by atoms with Crippen LogP contribution in [-0.2, 0) is 4.79 Å². The first-order chi connectivity index (χ1) is 11.2. The molecule has 5 nitrogen and oxygen atoms in total. The minimum Gasteiger partial charge on any atom is -0.326 e. The van der Waals surface area contributed by atoms with E-state index in [1.807, 2.05) is 6.07 Å². The van der Waals surface area contributed by atoms with Crippen LogP contribution in [0.15, 0.2) is 48.5 Å². The zero-order valence-corrected chi connectivity index (χ0v) is 12.4. The fourth-order valence-electron chi connectivity index (χ4n) is 2.13. The number of hydrogen-bond acceptors (Lipinski definition) is 3. The van der Waals surface area contributed by atoms with Gasteiger partial charge in [-0.15, -0.1) is 0 Å². The molecule has 0 spiro atoms. The maximum atomic E-state index is 12.1. The summed E-state index contributed by atoms with van der Waals surface area (Å²) in [7, 11) is 0. The van der Waals surface area contributed by atoms with Gasteiger partial charge in [0.1, 0.15) is 0 Å². The van der Waals surface area contributed by atoms with Crippen molar-refractivity contribution in [1.29, 1.82) is 5.26 Å². The highest BCUT2D eigenvalue weighted by molar-refractivity contribution is 6.04. The van der Waals surface area contributed by atoms with Crippen molar-refractivity contribution in [3.05, 3.63) is 59.7 Å². The van der Waals surface area contributed by atoms with E-state index in [1.54, 1.807) is 48.5 Å². The van der Waals surface area contributed by atoms with E-state index in [-0.39, 0.29) is 17.7 Å². The van der Waals surface area contributed by atoms with Crippen molar-refractivity contribution in [1.82, 2.24) is 0 Å². The number of rotatable bonds is 4. The van der Waals surface area contributed by atoms with E-state index < -0.39 is 0 Å². The lowest BCUT2D eigenvalue weighted by Crippen LogP contribution is -2.14. The summed E-state index contributed by atoms with van der Waals surface area (Å²) >= 11 is 0. The van der Waals surface area contributed by atoms with E-state index in [0.717, 1.165) is 18.5 Å². The predicted octanol–water partition coefficient (Wildman–Crippen LogP) is 3.16. The van der Waals surface area contributed by atoms with Gasteiger partial charge in [0, 0.05) is 22.9 Å². The van der Waals surface area contributed by atoms with Crippen LogP contribution in [0.5, 0.6) is 0 Å². The Hall–Kier alpha value is -3.13. The summed E-state index contributed by atoms with van der Waals surface area (Å²) in [5.74, 6) is -0.0330. The van der Waals surface area contributed by atoms with Gasteiger partial charge in [0.15, 0.2) is 0 Å². The zero-order chi connectivity index (χ0) is 16.2. The van der Waals surface area contributed by atoms with Gasteiger partial charge in [-0.25, -0.2) is 0 Å². The summed E-state index contributed by atoms with van der Waals surface area (Å²) in [4.78, 5) is 23.8. The minimum absolute atomic E-state index is 0.0550. The van der Waals surface area contributed by atoms with E-state index in [1.165, 1.54) is 0 Å². The van der Waals surface area contributed by atoms with Crippen LogP contribution in [0.2, 0.25) is 0 Å². The molecule has 114 valence electrons. The molecule has 2 N–H and O–H groups in total. The first-order valence-electron chi connectivity index (χ1n) is 7.38. The molecule has 0 aliphatic heterocycles. The summed E-state index contributed by atoms with van der Waals surface area (Å²) in [6, 6.07) is 15.4. The van der Waals surface area contributed by atoms with Crippen molar-refractivity contribution in [2.75, 3.05) is 10.6 Å². The third-order valence-electron chi connectivity index (χ3n) is 3.63. The summed E-state index contributed by atoms with van der Waals surface area (Å²) in [6.07, 6.45) is 1.93. The van der Waals surface area contributed by atoms with Crippen LogP contribution >= 0.6 is 0 Å². The number of amides is 2. The Bertz CT molecular complexity index is 769. The first kappa shape index (κ1) is 14.8. The van der Waals surface area contributed by atoms with E-state index >= 15 is 0 Å². The maximum absolute atomic E-state index is 12.1. The smallest absolute Gasteiger partial charge is 0.255 e. The Morgan fingerprint density at radius 2 is 1.48 bits per heavy atom. The third kappa shape index (κ3) is 3.74. The van der Waals surface area contributed by atoms with Gasteiger partial charge in [-0.3, -0.25) is 9.59 Å². The molecular weight excluding hydrogens is 290 g/mol. The van der Waals surface area contributed by atoms with Crippen LogP contribution in [0.3, 0.4) is 0 Å². The highest BCUT2D eigenvalue weighted by Gasteiger charge is 2.29. The second-order valence-corrected chi connectivity index (χ2v) is 5.48. The van der Waals surface area contributed by atoms with Crippen LogP contribution in [0.4, 0.5) is 11.4 Å². The van der Waals surface area contributed by atoms with Crippen molar-refractivity contribution in [3.63, 3.8) is 0 Å². The number of anilines is 2. The second-order valence-electron chi connectivity index (χ2n) is 5.48. The molecule has 1 fully saturated rings. The average Bonchev–Trinajstić information content (AvgIpc) is 3.42. The van der Waals surface area contributed by atoms with Crippen molar-refractivity contribution >= 4 is 23.2 Å². The molecule has 0 saturated heterocycles. The molecule has 1 saturated carbocycles. The molecule has 0 radical (unpaired) electrons. The maximum Gasteiger partial charge on any atom is 0.255 e. The molecule has 3 rings (SSSR count). The molecule has 1 aliphatic rings. The monoisotopic (exact) mass is 305 g/mol. The number of nitrogens with one attached hydrogen (secondary N) is 2. The Morgan fingerprint density at radius 1 is 0.913 bits per heavy atom. The molecule has 0 bridgehead atoms. The van der Waals surface area contributed by atoms with Gasteiger partial charge in [-0.05, 0) is 61.4 Å². The highest BCUT2D eigenvalue weighted by Crippen LogP contribution is 2.30. The Labute approximate surface area is 133 Å². The molecule has 1 aliphatic carbocycles. The van der Waals surface area contributed by atoms with Gasteiger partial charge in [0.2, 0.25) is 5.91 Å². The lowest BCUT2D eigenvalue weighted by atomic mass is 10.1. The molecule has 0 heterocycles. The molecule has 2 amide bonds. The summed E-state index contributed by atoms with van der Waals surface area (Å²) in [6.45, 7) is 0. The Kier molecular flexibility index (Phi) is 4.07. The first-order valence-corrected chi connectivity index (χ1v) is 7.38. The molecule has 0 aromatic heterocycles. The molecule has 2 aromatic rings. The number of carbonyl (C=O) groups excluding carboxylic acids is 2. The van der Waals surface area contributed by atoms with Gasteiger partial charge >= 0.3 is 0 Å². The van der Waals surface area contributed by atoms with Crippen molar-refractivity contribution < 1.29 is 9.59 Å². The summed E-state index contributed by atoms with van der Waals surface area (Å²) < 4.78 is 0. The molecule has 23 heavy (non-hydrogen) atoms. The van der Waals surface area contributed by atoms with Crippen molar-refractivity contribution in [3.8, 4) is 6.07 Å². The van der Waals surface area contributed by atoms with E-state index in [0.29, 0.717) is 16.8 Å². The summed E-state index contributed by atoms with van der Waals surface area (Å²) in [5.41, 5.74) is 2.36. The topological polar surface area (TPSA) is 82.0 Å². The average molecular weight is 305 g/mol. The Balaban J connectivity index is 1.61. The van der Waals surface area contributed by atoms with Crippen molar-refractivity contribution in [2.24, 2.45) is 5.92 Å². The SMILES string of the molecule is N#Cc1ccc(C(=O)Nc2ccc(NC(=O)C3CC3)cc2)cc1. The highest BCUT2D eigenvalue weighted by atomic mass is 16.2. The zero-order valence-electron chi connectivity index (χ0n) is 12.4. The standard InChI is InChI=1S/C18H15N3O2/c19-11-12-1-3-13(4-2-12)17(22)20-15-7-9-16(10-8-15)21-18(23)14-5-6-14/h1-4,7-10,14H,5-6H2,(H,20,22)(H,21,23). The third-order valence-corrected chi connectivity index (χ3v) is 3.63. The van der Waals surface area contributed by atoms with Gasteiger partial charge in [-0.2, -0.15) is 5.26 Å². The van der Waals surface area contributed by atoms with Crippen LogP contribution in [0, 0.1) is 17.2 Å². The van der Waals surface area contributed by atoms with Gasteiger partial charge in [-0.1, -0.05) is 0 Å². The normalized spacial score (nSPS) is 13.0. The van der Waals surface area contributed by atoms with Gasteiger partial charge in [0.25, 0.3) is 5.91 Å². The second kappa shape index (κ2) is 6.32. The fourth-order valence-corrected chi connectivity index (χ4v) is 2.13. The molecule has 2 aromatic carbocycles.